The van der Waals surface area contributed by atoms with E-state index < -0.39 is 17.9 Å². The summed E-state index contributed by atoms with van der Waals surface area (Å²) in [6.07, 6.45) is 6.22. The number of carbonyl (C=O) groups excluding carboxylic acids is 1. The third-order valence-electron chi connectivity index (χ3n) is 7.82. The number of fused-ring (bicyclic) bond motifs is 1. The minimum absolute atomic E-state index is 0.00972. The van der Waals surface area contributed by atoms with Gasteiger partial charge in [-0.15, -0.1) is 0 Å². The van der Waals surface area contributed by atoms with Crippen LogP contribution in [0.5, 0.6) is 17.2 Å². The highest BCUT2D eigenvalue weighted by atomic mass is 16.7. The number of aromatic nitrogens is 1. The van der Waals surface area contributed by atoms with Gasteiger partial charge < -0.3 is 34.4 Å². The van der Waals surface area contributed by atoms with E-state index in [-0.39, 0.29) is 25.2 Å². The van der Waals surface area contributed by atoms with Crippen LogP contribution in [-0.4, -0.2) is 84.4 Å². The summed E-state index contributed by atoms with van der Waals surface area (Å²) in [5.41, 5.74) is 6.47. The predicted octanol–water partition coefficient (Wildman–Crippen LogP) is 3.19. The number of nitrogens with two attached hydrogens (primary N) is 1. The van der Waals surface area contributed by atoms with Crippen LogP contribution >= 0.6 is 0 Å². The van der Waals surface area contributed by atoms with Gasteiger partial charge >= 0.3 is 5.97 Å². The molecule has 1 aromatic carbocycles. The summed E-state index contributed by atoms with van der Waals surface area (Å²) in [7, 11) is 1.55. The van der Waals surface area contributed by atoms with Crippen molar-refractivity contribution in [1.29, 1.82) is 0 Å². The molecule has 0 saturated carbocycles. The molecule has 1 fully saturated rings. The summed E-state index contributed by atoms with van der Waals surface area (Å²) in [6, 6.07) is 3.27. The molecule has 3 heterocycles. The summed E-state index contributed by atoms with van der Waals surface area (Å²) in [5.74, 6) is 0.785. The van der Waals surface area contributed by atoms with Crippen LogP contribution in [-0.2, 0) is 16.0 Å². The number of benzene rings is 1. The van der Waals surface area contributed by atoms with Crippen molar-refractivity contribution in [3.05, 3.63) is 35.5 Å². The molecule has 4 rings (SSSR count). The van der Waals surface area contributed by atoms with Crippen LogP contribution in [0.3, 0.4) is 0 Å². The Morgan fingerprint density at radius 1 is 1.23 bits per heavy atom. The summed E-state index contributed by atoms with van der Waals surface area (Å²) in [4.78, 5) is 34.7. The monoisotopic (exact) mass is 558 g/mol. The maximum absolute atomic E-state index is 13.6. The molecule has 2 aliphatic rings. The first kappa shape index (κ1) is 29.7. The fraction of sp³-hybridized carbons (Fsp3) is 0.621. The Hall–Kier alpha value is -3.31. The molecule has 0 radical (unpaired) electrons. The molecule has 11 nitrogen and oxygen atoms in total. The Balaban J connectivity index is 1.62. The number of hydrogen-bond acceptors (Lipinski definition) is 9. The number of carboxylic acids is 1. The first-order valence-electron chi connectivity index (χ1n) is 14.2. The Labute approximate surface area is 235 Å². The number of oxazole rings is 1. The zero-order chi connectivity index (χ0) is 28.6. The molecule has 11 heteroatoms. The van der Waals surface area contributed by atoms with Gasteiger partial charge in [-0.05, 0) is 56.8 Å². The van der Waals surface area contributed by atoms with Crippen LogP contribution in [0.25, 0.3) is 0 Å². The number of amides is 1. The highest BCUT2D eigenvalue weighted by molar-refractivity contribution is 5.79. The number of carbonyl (C=O) groups is 2. The number of rotatable bonds is 15. The maximum Gasteiger partial charge on any atom is 0.308 e. The van der Waals surface area contributed by atoms with Crippen LogP contribution in [0.1, 0.15) is 62.2 Å². The van der Waals surface area contributed by atoms with Crippen LogP contribution in [0.2, 0.25) is 0 Å². The van der Waals surface area contributed by atoms with E-state index in [9.17, 15) is 14.7 Å². The van der Waals surface area contributed by atoms with Gasteiger partial charge in [0.1, 0.15) is 5.76 Å². The number of aryl methyl sites for hydroxylation is 2. The molecule has 2 aliphatic heterocycles. The molecule has 0 unspecified atom stereocenters. The Kier molecular flexibility index (Phi) is 10.3. The van der Waals surface area contributed by atoms with Crippen molar-refractivity contribution in [2.75, 3.05) is 46.6 Å². The van der Waals surface area contributed by atoms with E-state index in [4.69, 9.17) is 24.4 Å². The third kappa shape index (κ3) is 6.87. The Morgan fingerprint density at radius 2 is 2.02 bits per heavy atom. The number of unbranched alkanes of at least 4 members (excludes halogenated alkanes) is 2. The topological polar surface area (TPSA) is 141 Å². The SMILES string of the molecule is CCCCN(CCCCN)C(=O)CN1C[C@H](c2cc(OC)c3c(c2)OCO3)[C@@H](C(=O)O)[C@@H]1CCc1ncc(C)o1. The number of likely N-dealkylation sites (tertiary alicyclic amines) is 1. The molecule has 3 N–H and O–H groups in total. The molecule has 1 aromatic heterocycles. The van der Waals surface area contributed by atoms with Gasteiger partial charge in [-0.2, -0.15) is 0 Å². The van der Waals surface area contributed by atoms with Gasteiger partial charge in [-0.25, -0.2) is 4.98 Å². The number of carboxylic acid groups (broad SMARTS) is 1. The second-order valence-corrected chi connectivity index (χ2v) is 10.6. The zero-order valence-electron chi connectivity index (χ0n) is 23.8. The van der Waals surface area contributed by atoms with E-state index in [2.05, 4.69) is 11.9 Å². The lowest BCUT2D eigenvalue weighted by atomic mass is 9.83. The average Bonchev–Trinajstić information content (AvgIpc) is 3.67. The molecule has 1 amide bonds. The molecule has 1 saturated heterocycles. The average molecular weight is 559 g/mol. The fourth-order valence-corrected chi connectivity index (χ4v) is 5.77. The number of methoxy groups -OCH3 is 1. The highest BCUT2D eigenvalue weighted by Crippen LogP contribution is 2.47. The largest absolute Gasteiger partial charge is 0.493 e. The van der Waals surface area contributed by atoms with Gasteiger partial charge in [-0.3, -0.25) is 14.5 Å². The van der Waals surface area contributed by atoms with E-state index in [0.29, 0.717) is 67.9 Å². The Bertz CT molecular complexity index is 1150. The van der Waals surface area contributed by atoms with Gasteiger partial charge in [-0.1, -0.05) is 13.3 Å². The lowest BCUT2D eigenvalue weighted by molar-refractivity contribution is -0.143. The molecule has 0 aliphatic carbocycles. The molecule has 220 valence electrons. The van der Waals surface area contributed by atoms with Crippen LogP contribution in [0.4, 0.5) is 0 Å². The number of nitrogens with zero attached hydrogens (tertiary/aromatic N) is 3. The van der Waals surface area contributed by atoms with E-state index in [1.54, 1.807) is 13.3 Å². The van der Waals surface area contributed by atoms with Crippen LogP contribution in [0.15, 0.2) is 22.7 Å². The third-order valence-corrected chi connectivity index (χ3v) is 7.82. The van der Waals surface area contributed by atoms with Gasteiger partial charge in [0.15, 0.2) is 17.4 Å². The van der Waals surface area contributed by atoms with E-state index in [0.717, 1.165) is 31.2 Å². The van der Waals surface area contributed by atoms with Crippen molar-refractivity contribution in [2.45, 2.75) is 64.3 Å². The van der Waals surface area contributed by atoms with Crippen LogP contribution in [0, 0.1) is 12.8 Å². The van der Waals surface area contributed by atoms with Crippen molar-refractivity contribution in [3.8, 4) is 17.2 Å². The summed E-state index contributed by atoms with van der Waals surface area (Å²) >= 11 is 0. The van der Waals surface area contributed by atoms with E-state index in [1.807, 2.05) is 28.9 Å². The summed E-state index contributed by atoms with van der Waals surface area (Å²) in [5, 5.41) is 10.5. The summed E-state index contributed by atoms with van der Waals surface area (Å²) < 4.78 is 22.4. The molecule has 2 aromatic rings. The van der Waals surface area contributed by atoms with Crippen LogP contribution < -0.4 is 19.9 Å². The maximum atomic E-state index is 13.6. The molecular weight excluding hydrogens is 516 g/mol. The Morgan fingerprint density at radius 3 is 2.70 bits per heavy atom. The predicted molar refractivity (Wildman–Crippen MR) is 148 cm³/mol. The number of aliphatic carboxylic acids is 1. The minimum Gasteiger partial charge on any atom is -0.493 e. The second-order valence-electron chi connectivity index (χ2n) is 10.6. The molecule has 3 atom stereocenters. The van der Waals surface area contributed by atoms with E-state index >= 15 is 0 Å². The molecule has 40 heavy (non-hydrogen) atoms. The fourth-order valence-electron chi connectivity index (χ4n) is 5.77. The second kappa shape index (κ2) is 13.8. The number of ether oxygens (including phenoxy) is 3. The first-order valence-corrected chi connectivity index (χ1v) is 14.2. The van der Waals surface area contributed by atoms with E-state index in [1.165, 1.54) is 0 Å². The van der Waals surface area contributed by atoms with Crippen molar-refractivity contribution >= 4 is 11.9 Å². The number of hydrogen-bond donors (Lipinski definition) is 2. The first-order chi connectivity index (χ1) is 19.4. The lowest BCUT2D eigenvalue weighted by Gasteiger charge is -2.29. The highest BCUT2D eigenvalue weighted by Gasteiger charge is 2.47. The summed E-state index contributed by atoms with van der Waals surface area (Å²) in [6.45, 7) is 6.48. The standard InChI is InChI=1S/C29H42N4O7/c1-4-5-11-32(12-7-6-10-30)26(34)17-33-16-21(20-13-23(37-3)28-24(14-20)38-18-39-28)27(29(35)36)22(33)8-9-25-31-15-19(2)40-25/h13-15,21-22,27H,4-12,16-18,30H2,1-3H3,(H,35,36)/t21-,22+,27-/m1/s1. The van der Waals surface area contributed by atoms with Gasteiger partial charge in [0.05, 0.1) is 25.8 Å². The molecular formula is C29H42N4O7. The smallest absolute Gasteiger partial charge is 0.308 e. The van der Waals surface area contributed by atoms with Gasteiger partial charge in [0, 0.05) is 38.0 Å². The lowest BCUT2D eigenvalue weighted by Crippen LogP contribution is -2.45. The molecule has 0 spiro atoms. The van der Waals surface area contributed by atoms with Crippen molar-refractivity contribution in [3.63, 3.8) is 0 Å². The van der Waals surface area contributed by atoms with Crippen molar-refractivity contribution in [2.24, 2.45) is 11.7 Å². The van der Waals surface area contributed by atoms with Crippen molar-refractivity contribution < 1.29 is 33.3 Å². The zero-order valence-corrected chi connectivity index (χ0v) is 23.8. The normalized spacial score (nSPS) is 20.1. The van der Waals surface area contributed by atoms with Crippen molar-refractivity contribution in [1.82, 2.24) is 14.8 Å². The van der Waals surface area contributed by atoms with Gasteiger partial charge in [0.25, 0.3) is 0 Å². The van der Waals surface area contributed by atoms with Gasteiger partial charge in [0.2, 0.25) is 18.4 Å². The quantitative estimate of drug-likeness (QED) is 0.313. The molecule has 0 bridgehead atoms. The minimum atomic E-state index is -0.907.